The maximum absolute atomic E-state index is 13.5. The van der Waals surface area contributed by atoms with Gasteiger partial charge in [0, 0.05) is 0 Å². The Hall–Kier alpha value is -2.20. The van der Waals surface area contributed by atoms with E-state index in [-0.39, 0.29) is 5.56 Å². The summed E-state index contributed by atoms with van der Waals surface area (Å²) in [6.07, 6.45) is 0. The van der Waals surface area contributed by atoms with Crippen molar-refractivity contribution in [3.05, 3.63) is 70.5 Å². The summed E-state index contributed by atoms with van der Waals surface area (Å²) in [7, 11) is 0. The minimum atomic E-state index is -0.481. The predicted molar refractivity (Wildman–Crippen MR) is 81.6 cm³/mol. The molecule has 3 rings (SSSR count). The number of fused-ring (bicyclic) bond motifs is 1. The Morgan fingerprint density at radius 1 is 1.19 bits per heavy atom. The van der Waals surface area contributed by atoms with Gasteiger partial charge in [-0.1, -0.05) is 18.2 Å². The maximum atomic E-state index is 13.5. The van der Waals surface area contributed by atoms with Gasteiger partial charge in [0.05, 0.1) is 22.0 Å². The molecule has 0 aliphatic rings. The molecule has 0 aliphatic heterocycles. The van der Waals surface area contributed by atoms with Gasteiger partial charge >= 0.3 is 0 Å². The van der Waals surface area contributed by atoms with Crippen LogP contribution in [-0.2, 0) is 0 Å². The Kier molecular flexibility index (Phi) is 3.47. The summed E-state index contributed by atoms with van der Waals surface area (Å²) in [6, 6.07) is 12.9. The molecule has 0 saturated carbocycles. The first kappa shape index (κ1) is 13.8. The van der Waals surface area contributed by atoms with Gasteiger partial charge in [-0.25, -0.2) is 9.37 Å². The van der Waals surface area contributed by atoms with Crippen LogP contribution in [0.15, 0.2) is 53.3 Å². The zero-order valence-electron chi connectivity index (χ0n) is 11.3. The smallest absolute Gasteiger partial charge is 0.266 e. The molecule has 0 amide bonds. The molecular weight excluding hydrogens is 291 g/mol. The van der Waals surface area contributed by atoms with E-state index in [1.807, 2.05) is 6.07 Å². The summed E-state index contributed by atoms with van der Waals surface area (Å²) in [5.74, 6) is -0.0216. The second-order valence-corrected chi connectivity index (χ2v) is 5.38. The summed E-state index contributed by atoms with van der Waals surface area (Å²) < 4.78 is 14.8. The first-order valence-electron chi connectivity index (χ1n) is 6.49. The number of rotatable bonds is 2. The Morgan fingerprint density at radius 3 is 2.67 bits per heavy atom. The van der Waals surface area contributed by atoms with Crippen LogP contribution in [0.25, 0.3) is 16.6 Å². The molecule has 3 aromatic rings. The lowest BCUT2D eigenvalue weighted by Gasteiger charge is -2.15. The molecule has 1 unspecified atom stereocenters. The Bertz CT molecular complexity index is 874. The van der Waals surface area contributed by atoms with Gasteiger partial charge in [-0.2, -0.15) is 0 Å². The van der Waals surface area contributed by atoms with E-state index in [1.54, 1.807) is 37.3 Å². The summed E-state index contributed by atoms with van der Waals surface area (Å²) in [5.41, 5.74) is 0.743. The van der Waals surface area contributed by atoms with Gasteiger partial charge in [-0.15, -0.1) is 11.6 Å². The lowest BCUT2D eigenvalue weighted by Crippen LogP contribution is -2.24. The molecule has 0 bridgehead atoms. The van der Waals surface area contributed by atoms with Gasteiger partial charge in [0.25, 0.3) is 5.56 Å². The van der Waals surface area contributed by atoms with Crippen LogP contribution in [0, 0.1) is 5.82 Å². The van der Waals surface area contributed by atoms with Crippen LogP contribution >= 0.6 is 11.6 Å². The molecule has 1 atom stereocenters. The Morgan fingerprint density at radius 2 is 1.95 bits per heavy atom. The van der Waals surface area contributed by atoms with E-state index < -0.39 is 11.2 Å². The number of hydrogen-bond donors (Lipinski definition) is 0. The van der Waals surface area contributed by atoms with Crippen molar-refractivity contribution in [1.29, 1.82) is 0 Å². The average Bonchev–Trinajstić information content (AvgIpc) is 2.47. The number of nitrogens with zero attached hydrogens (tertiary/aromatic N) is 2. The summed E-state index contributed by atoms with van der Waals surface area (Å²) in [5, 5.41) is -0.00611. The second-order valence-electron chi connectivity index (χ2n) is 4.72. The van der Waals surface area contributed by atoms with Crippen molar-refractivity contribution in [1.82, 2.24) is 9.55 Å². The van der Waals surface area contributed by atoms with Crippen molar-refractivity contribution in [2.24, 2.45) is 0 Å². The number of para-hydroxylation sites is 1. The van der Waals surface area contributed by atoms with Crippen molar-refractivity contribution in [3.63, 3.8) is 0 Å². The molecule has 1 heterocycles. The molecule has 0 radical (unpaired) electrons. The normalized spacial score (nSPS) is 12.5. The predicted octanol–water partition coefficient (Wildman–Crippen LogP) is 3.82. The molecule has 5 heteroatoms. The van der Waals surface area contributed by atoms with E-state index >= 15 is 0 Å². The van der Waals surface area contributed by atoms with E-state index in [4.69, 9.17) is 11.6 Å². The van der Waals surface area contributed by atoms with Crippen LogP contribution < -0.4 is 5.56 Å². The first-order valence-corrected chi connectivity index (χ1v) is 6.93. The molecule has 1 aromatic heterocycles. The molecule has 0 fully saturated rings. The maximum Gasteiger partial charge on any atom is 0.266 e. The fraction of sp³-hybridized carbons (Fsp3) is 0.125. The Balaban J connectivity index is 2.42. The number of hydrogen-bond acceptors (Lipinski definition) is 2. The number of halogens is 2. The van der Waals surface area contributed by atoms with Crippen LogP contribution in [-0.4, -0.2) is 9.55 Å². The molecule has 0 N–H and O–H groups in total. The third-order valence-electron chi connectivity index (χ3n) is 3.22. The number of alkyl halides is 1. The van der Waals surface area contributed by atoms with E-state index in [0.29, 0.717) is 22.4 Å². The van der Waals surface area contributed by atoms with Gasteiger partial charge in [0.2, 0.25) is 0 Å². The number of benzene rings is 2. The number of aromatic nitrogens is 2. The van der Waals surface area contributed by atoms with E-state index in [0.717, 1.165) is 0 Å². The van der Waals surface area contributed by atoms with Crippen LogP contribution in [0.2, 0.25) is 0 Å². The monoisotopic (exact) mass is 302 g/mol. The highest BCUT2D eigenvalue weighted by Gasteiger charge is 2.16. The van der Waals surface area contributed by atoms with Crippen molar-refractivity contribution < 1.29 is 4.39 Å². The van der Waals surface area contributed by atoms with Crippen LogP contribution in [0.4, 0.5) is 4.39 Å². The topological polar surface area (TPSA) is 34.9 Å². The highest BCUT2D eigenvalue weighted by Crippen LogP contribution is 2.22. The van der Waals surface area contributed by atoms with Gasteiger partial charge in [0.15, 0.2) is 0 Å². The molecule has 3 nitrogen and oxygen atoms in total. The molecule has 21 heavy (non-hydrogen) atoms. The highest BCUT2D eigenvalue weighted by atomic mass is 35.5. The highest BCUT2D eigenvalue weighted by molar-refractivity contribution is 6.20. The third kappa shape index (κ3) is 2.43. The van der Waals surface area contributed by atoms with Gasteiger partial charge < -0.3 is 0 Å². The van der Waals surface area contributed by atoms with Crippen LogP contribution in [0.3, 0.4) is 0 Å². The molecule has 0 saturated heterocycles. The van der Waals surface area contributed by atoms with Crippen molar-refractivity contribution in [3.8, 4) is 5.69 Å². The van der Waals surface area contributed by atoms with Gasteiger partial charge in [0.1, 0.15) is 11.6 Å². The lowest BCUT2D eigenvalue weighted by molar-refractivity contribution is 0.625. The van der Waals surface area contributed by atoms with Gasteiger partial charge in [-0.05, 0) is 37.3 Å². The lowest BCUT2D eigenvalue weighted by atomic mass is 10.2. The summed E-state index contributed by atoms with van der Waals surface area (Å²) in [6.45, 7) is 1.73. The van der Waals surface area contributed by atoms with Crippen molar-refractivity contribution in [2.45, 2.75) is 12.3 Å². The van der Waals surface area contributed by atoms with E-state index in [2.05, 4.69) is 4.98 Å². The molecular formula is C16H12ClFN2O. The van der Waals surface area contributed by atoms with E-state index in [1.165, 1.54) is 16.7 Å². The van der Waals surface area contributed by atoms with Crippen molar-refractivity contribution in [2.75, 3.05) is 0 Å². The van der Waals surface area contributed by atoms with Crippen LogP contribution in [0.5, 0.6) is 0 Å². The van der Waals surface area contributed by atoms with Crippen LogP contribution in [0.1, 0.15) is 18.1 Å². The SMILES string of the molecule is CC(Cl)c1nc2ccccc2c(=O)n1-c1cccc(F)c1. The zero-order chi connectivity index (χ0) is 15.0. The Labute approximate surface area is 125 Å². The molecule has 0 aliphatic carbocycles. The minimum absolute atomic E-state index is 0.256. The third-order valence-corrected chi connectivity index (χ3v) is 3.42. The quantitative estimate of drug-likeness (QED) is 0.674. The van der Waals surface area contributed by atoms with E-state index in [9.17, 15) is 9.18 Å². The summed E-state index contributed by atoms with van der Waals surface area (Å²) in [4.78, 5) is 17.2. The van der Waals surface area contributed by atoms with Crippen molar-refractivity contribution >= 4 is 22.5 Å². The summed E-state index contributed by atoms with van der Waals surface area (Å²) >= 11 is 6.15. The minimum Gasteiger partial charge on any atom is -0.268 e. The molecule has 106 valence electrons. The fourth-order valence-electron chi connectivity index (χ4n) is 2.28. The zero-order valence-corrected chi connectivity index (χ0v) is 12.0. The average molecular weight is 303 g/mol. The largest absolute Gasteiger partial charge is 0.268 e. The second kappa shape index (κ2) is 5.30. The first-order chi connectivity index (χ1) is 10.1. The fourth-order valence-corrected chi connectivity index (χ4v) is 2.43. The standard InChI is InChI=1S/C16H12ClFN2O/c1-10(17)15-19-14-8-3-2-7-13(14)16(21)20(15)12-6-4-5-11(18)9-12/h2-10H,1H3. The van der Waals surface area contributed by atoms with Gasteiger partial charge in [-0.3, -0.25) is 9.36 Å². The molecule has 2 aromatic carbocycles. The molecule has 0 spiro atoms.